The third-order valence-electron chi connectivity index (χ3n) is 5.55. The van der Waals surface area contributed by atoms with E-state index < -0.39 is 10.0 Å². The van der Waals surface area contributed by atoms with Gasteiger partial charge in [-0.2, -0.15) is 0 Å². The van der Waals surface area contributed by atoms with E-state index in [2.05, 4.69) is 20.0 Å². The number of rotatable bonds is 6. The highest BCUT2D eigenvalue weighted by molar-refractivity contribution is 7.89. The molecule has 5 rings (SSSR count). The maximum Gasteiger partial charge on any atom is 0.240 e. The van der Waals surface area contributed by atoms with E-state index in [0.717, 1.165) is 5.56 Å². The molecule has 10 heteroatoms. The van der Waals surface area contributed by atoms with Gasteiger partial charge in [-0.15, -0.1) is 0 Å². The summed E-state index contributed by atoms with van der Waals surface area (Å²) in [5.74, 6) is 0.505. The molecule has 2 N–H and O–H groups in total. The quantitative estimate of drug-likeness (QED) is 0.440. The van der Waals surface area contributed by atoms with Crippen LogP contribution in [-0.2, 0) is 21.4 Å². The Labute approximate surface area is 196 Å². The first-order valence-corrected chi connectivity index (χ1v) is 12.3. The first-order valence-electron chi connectivity index (χ1n) is 10.8. The maximum atomic E-state index is 12.9. The van der Waals surface area contributed by atoms with Gasteiger partial charge < -0.3 is 10.2 Å². The SMILES string of the molecule is O=C1CN(c2ncnc3ccc(-c4cccc(S(=O)(=O)NCc5ccccc5)c4)nc23)CCN1. The number of fused-ring (bicyclic) bond motifs is 1. The molecule has 4 aromatic rings. The van der Waals surface area contributed by atoms with E-state index in [9.17, 15) is 13.2 Å². The normalized spacial score (nSPS) is 14.2. The second kappa shape index (κ2) is 9.16. The lowest BCUT2D eigenvalue weighted by Crippen LogP contribution is -2.48. The number of aromatic nitrogens is 3. The van der Waals surface area contributed by atoms with Gasteiger partial charge in [0, 0.05) is 25.2 Å². The van der Waals surface area contributed by atoms with Gasteiger partial charge in [-0.25, -0.2) is 28.1 Å². The van der Waals surface area contributed by atoms with Gasteiger partial charge in [0.25, 0.3) is 0 Å². The van der Waals surface area contributed by atoms with Gasteiger partial charge in [-0.3, -0.25) is 4.79 Å². The predicted molar refractivity (Wildman–Crippen MR) is 128 cm³/mol. The Morgan fingerprint density at radius 2 is 1.85 bits per heavy atom. The van der Waals surface area contributed by atoms with Gasteiger partial charge in [0.1, 0.15) is 11.8 Å². The van der Waals surface area contributed by atoms with E-state index in [1.165, 1.54) is 6.33 Å². The van der Waals surface area contributed by atoms with Crippen LogP contribution in [0.25, 0.3) is 22.3 Å². The number of hydrogen-bond donors (Lipinski definition) is 2. The number of carbonyl (C=O) groups excluding carboxylic acids is 1. The minimum Gasteiger partial charge on any atom is -0.353 e. The Morgan fingerprint density at radius 3 is 2.68 bits per heavy atom. The molecule has 1 amide bonds. The van der Waals surface area contributed by atoms with E-state index in [1.54, 1.807) is 24.3 Å². The zero-order valence-corrected chi connectivity index (χ0v) is 19.0. The van der Waals surface area contributed by atoms with Crippen molar-refractivity contribution < 1.29 is 13.2 Å². The van der Waals surface area contributed by atoms with Crippen molar-refractivity contribution in [2.75, 3.05) is 24.5 Å². The topological polar surface area (TPSA) is 117 Å². The summed E-state index contributed by atoms with van der Waals surface area (Å²) in [5, 5.41) is 2.80. The number of anilines is 1. The minimum absolute atomic E-state index is 0.0740. The molecule has 1 saturated heterocycles. The van der Waals surface area contributed by atoms with E-state index in [-0.39, 0.29) is 23.9 Å². The number of amides is 1. The van der Waals surface area contributed by atoms with Crippen LogP contribution in [0.3, 0.4) is 0 Å². The van der Waals surface area contributed by atoms with Crippen LogP contribution in [0, 0.1) is 0 Å². The third-order valence-corrected chi connectivity index (χ3v) is 6.95. The largest absolute Gasteiger partial charge is 0.353 e. The summed E-state index contributed by atoms with van der Waals surface area (Å²) < 4.78 is 28.4. The molecule has 2 aromatic carbocycles. The van der Waals surface area contributed by atoms with Crippen molar-refractivity contribution in [2.45, 2.75) is 11.4 Å². The molecule has 9 nitrogen and oxygen atoms in total. The van der Waals surface area contributed by atoms with Crippen molar-refractivity contribution in [3.8, 4) is 11.3 Å². The summed E-state index contributed by atoms with van der Waals surface area (Å²) in [6.45, 7) is 1.54. The van der Waals surface area contributed by atoms with Crippen LogP contribution in [0.5, 0.6) is 0 Å². The van der Waals surface area contributed by atoms with Crippen molar-refractivity contribution in [1.29, 1.82) is 0 Å². The van der Waals surface area contributed by atoms with Gasteiger partial charge in [0.05, 0.1) is 22.7 Å². The maximum absolute atomic E-state index is 12.9. The highest BCUT2D eigenvalue weighted by Gasteiger charge is 2.21. The standard InChI is InChI=1S/C24H22N6O3S/c31-22-15-30(12-11-25-22)24-23-21(26-16-27-24)10-9-20(29-23)18-7-4-8-19(13-18)34(32,33)28-14-17-5-2-1-3-6-17/h1-10,13,16,28H,11-12,14-15H2,(H,25,31). The molecule has 0 radical (unpaired) electrons. The predicted octanol–water partition coefficient (Wildman–Crippen LogP) is 2.11. The van der Waals surface area contributed by atoms with Gasteiger partial charge >= 0.3 is 0 Å². The minimum atomic E-state index is -3.72. The highest BCUT2D eigenvalue weighted by atomic mass is 32.2. The number of hydrogen-bond acceptors (Lipinski definition) is 7. The second-order valence-corrected chi connectivity index (χ2v) is 9.64. The average molecular weight is 475 g/mol. The van der Waals surface area contributed by atoms with Crippen LogP contribution < -0.4 is 14.9 Å². The second-order valence-electron chi connectivity index (χ2n) is 7.87. The Balaban J connectivity index is 1.46. The molecule has 34 heavy (non-hydrogen) atoms. The molecule has 2 aromatic heterocycles. The Kier molecular flexibility index (Phi) is 5.91. The molecule has 0 bridgehead atoms. The number of benzene rings is 2. The molecule has 3 heterocycles. The molecule has 0 aliphatic carbocycles. The highest BCUT2D eigenvalue weighted by Crippen LogP contribution is 2.27. The van der Waals surface area contributed by atoms with Crippen molar-refractivity contribution in [1.82, 2.24) is 25.0 Å². The molecule has 1 fully saturated rings. The summed E-state index contributed by atoms with van der Waals surface area (Å²) >= 11 is 0. The van der Waals surface area contributed by atoms with Crippen molar-refractivity contribution in [2.24, 2.45) is 0 Å². The molecule has 0 unspecified atom stereocenters. The van der Waals surface area contributed by atoms with Crippen LogP contribution in [0.2, 0.25) is 0 Å². The fourth-order valence-electron chi connectivity index (χ4n) is 3.82. The van der Waals surface area contributed by atoms with Crippen LogP contribution in [0.1, 0.15) is 5.56 Å². The third kappa shape index (κ3) is 4.59. The fraction of sp³-hybridized carbons (Fsp3) is 0.167. The number of pyridine rings is 1. The molecule has 172 valence electrons. The number of nitrogens with one attached hydrogen (secondary N) is 2. The zero-order chi connectivity index (χ0) is 23.5. The zero-order valence-electron chi connectivity index (χ0n) is 18.2. The number of nitrogens with zero attached hydrogens (tertiary/aromatic N) is 4. The molecular formula is C24H22N6O3S. The van der Waals surface area contributed by atoms with Crippen LogP contribution in [0.15, 0.2) is 78.0 Å². The van der Waals surface area contributed by atoms with E-state index in [4.69, 9.17) is 4.98 Å². The smallest absolute Gasteiger partial charge is 0.240 e. The molecule has 0 spiro atoms. The van der Waals surface area contributed by atoms with E-state index >= 15 is 0 Å². The number of piperazine rings is 1. The van der Waals surface area contributed by atoms with Gasteiger partial charge in [-0.05, 0) is 29.8 Å². The molecule has 0 atom stereocenters. The molecule has 1 aliphatic heterocycles. The summed E-state index contributed by atoms with van der Waals surface area (Å²) in [6, 6.07) is 19.6. The first kappa shape index (κ1) is 21.9. The lowest BCUT2D eigenvalue weighted by molar-refractivity contribution is -0.120. The van der Waals surface area contributed by atoms with Crippen molar-refractivity contribution >= 4 is 32.8 Å². The lowest BCUT2D eigenvalue weighted by atomic mass is 10.1. The summed E-state index contributed by atoms with van der Waals surface area (Å²) in [5.41, 5.74) is 3.32. The summed E-state index contributed by atoms with van der Waals surface area (Å²) in [6.07, 6.45) is 1.46. The number of carbonyl (C=O) groups is 1. The van der Waals surface area contributed by atoms with Gasteiger partial charge in [-0.1, -0.05) is 42.5 Å². The molecule has 1 aliphatic rings. The molecular weight excluding hydrogens is 452 g/mol. The Bertz CT molecular complexity index is 1460. The summed E-state index contributed by atoms with van der Waals surface area (Å²) in [7, 11) is -3.72. The fourth-order valence-corrected chi connectivity index (χ4v) is 4.88. The van der Waals surface area contributed by atoms with Crippen molar-refractivity contribution in [3.63, 3.8) is 0 Å². The van der Waals surface area contributed by atoms with Crippen LogP contribution in [0.4, 0.5) is 5.82 Å². The van der Waals surface area contributed by atoms with Crippen LogP contribution >= 0.6 is 0 Å². The average Bonchev–Trinajstić information content (AvgIpc) is 2.87. The van der Waals surface area contributed by atoms with E-state index in [1.807, 2.05) is 47.4 Å². The molecule has 0 saturated carbocycles. The Hall–Kier alpha value is -3.89. The van der Waals surface area contributed by atoms with E-state index in [0.29, 0.717) is 41.2 Å². The summed E-state index contributed by atoms with van der Waals surface area (Å²) in [4.78, 5) is 27.3. The lowest BCUT2D eigenvalue weighted by Gasteiger charge is -2.27. The van der Waals surface area contributed by atoms with Gasteiger partial charge in [0.2, 0.25) is 15.9 Å². The Morgan fingerprint density at radius 1 is 1.00 bits per heavy atom. The first-order chi connectivity index (χ1) is 16.5. The van der Waals surface area contributed by atoms with Crippen molar-refractivity contribution in [3.05, 3.63) is 78.6 Å². The van der Waals surface area contributed by atoms with Gasteiger partial charge in [0.15, 0.2) is 5.82 Å². The van der Waals surface area contributed by atoms with Crippen LogP contribution in [-0.4, -0.2) is 48.9 Å². The number of sulfonamides is 1. The monoisotopic (exact) mass is 474 g/mol.